The molecule has 17 heavy (non-hydrogen) atoms. The van der Waals surface area contributed by atoms with Crippen LogP contribution in [0.3, 0.4) is 0 Å². The van der Waals surface area contributed by atoms with Gasteiger partial charge in [0.15, 0.2) is 0 Å². The summed E-state index contributed by atoms with van der Waals surface area (Å²) < 4.78 is 0. The molecule has 0 aliphatic carbocycles. The maximum atomic E-state index is 4.73. The Morgan fingerprint density at radius 3 is 2.24 bits per heavy atom. The maximum absolute atomic E-state index is 4.73. The third kappa shape index (κ3) is 3.42. The van der Waals surface area contributed by atoms with E-state index in [1.165, 1.54) is 11.3 Å². The van der Waals surface area contributed by atoms with Gasteiger partial charge < -0.3 is 0 Å². The lowest BCUT2D eigenvalue weighted by Crippen LogP contribution is -2.10. The Labute approximate surface area is 104 Å². The zero-order valence-corrected chi connectivity index (χ0v) is 10.8. The van der Waals surface area contributed by atoms with E-state index in [-0.39, 0.29) is 5.41 Å². The van der Waals surface area contributed by atoms with Gasteiger partial charge in [-0.05, 0) is 24.0 Å². The first-order chi connectivity index (χ1) is 8.04. The summed E-state index contributed by atoms with van der Waals surface area (Å²) in [6.45, 7) is 6.72. The molecule has 1 aromatic carbocycles. The molecule has 0 bridgehead atoms. The highest BCUT2D eigenvalue weighted by molar-refractivity contribution is 5.58. The van der Waals surface area contributed by atoms with Crippen LogP contribution >= 0.6 is 0 Å². The molecule has 2 aromatic rings. The number of hydrogen-bond acceptors (Lipinski definition) is 1. The number of rotatable bonds is 2. The number of pyridine rings is 1. The van der Waals surface area contributed by atoms with E-state index in [2.05, 4.69) is 51.1 Å². The Balaban J connectivity index is 2.29. The van der Waals surface area contributed by atoms with Gasteiger partial charge in [0, 0.05) is 11.3 Å². The summed E-state index contributed by atoms with van der Waals surface area (Å²) in [6, 6.07) is 16.6. The standard InChI is InChI=1S/C16H19N/c1-16(2,3)12-14-10-7-11-15(17-14)13-8-5-4-6-9-13/h4-11H,12H2,1-3H3. The van der Waals surface area contributed by atoms with Gasteiger partial charge in [-0.2, -0.15) is 0 Å². The number of hydrogen-bond donors (Lipinski definition) is 0. The van der Waals surface area contributed by atoms with Crippen LogP contribution in [-0.4, -0.2) is 4.98 Å². The summed E-state index contributed by atoms with van der Waals surface area (Å²) in [5, 5.41) is 0. The van der Waals surface area contributed by atoms with Crippen molar-refractivity contribution in [2.45, 2.75) is 27.2 Å². The van der Waals surface area contributed by atoms with Crippen LogP contribution in [0, 0.1) is 5.41 Å². The van der Waals surface area contributed by atoms with Gasteiger partial charge >= 0.3 is 0 Å². The molecule has 0 N–H and O–H groups in total. The molecule has 0 amide bonds. The van der Waals surface area contributed by atoms with Gasteiger partial charge in [0.05, 0.1) is 5.69 Å². The third-order valence-electron chi connectivity index (χ3n) is 2.59. The fourth-order valence-corrected chi connectivity index (χ4v) is 1.89. The van der Waals surface area contributed by atoms with E-state index < -0.39 is 0 Å². The van der Waals surface area contributed by atoms with E-state index in [1.807, 2.05) is 18.2 Å². The van der Waals surface area contributed by atoms with Crippen molar-refractivity contribution in [1.82, 2.24) is 4.98 Å². The first kappa shape index (κ1) is 11.8. The monoisotopic (exact) mass is 225 g/mol. The lowest BCUT2D eigenvalue weighted by molar-refractivity contribution is 0.406. The molecule has 0 atom stereocenters. The van der Waals surface area contributed by atoms with Crippen LogP contribution in [0.25, 0.3) is 11.3 Å². The van der Waals surface area contributed by atoms with Crippen LogP contribution in [0.2, 0.25) is 0 Å². The summed E-state index contributed by atoms with van der Waals surface area (Å²) in [6.07, 6.45) is 1.01. The van der Waals surface area contributed by atoms with Crippen molar-refractivity contribution in [3.8, 4) is 11.3 Å². The molecule has 0 radical (unpaired) electrons. The van der Waals surface area contributed by atoms with Crippen molar-refractivity contribution < 1.29 is 0 Å². The predicted octanol–water partition coefficient (Wildman–Crippen LogP) is 4.34. The minimum Gasteiger partial charge on any atom is -0.253 e. The highest BCUT2D eigenvalue weighted by atomic mass is 14.7. The summed E-state index contributed by atoms with van der Waals surface area (Å²) in [4.78, 5) is 4.73. The number of benzene rings is 1. The van der Waals surface area contributed by atoms with Crippen molar-refractivity contribution in [1.29, 1.82) is 0 Å². The number of nitrogens with zero attached hydrogens (tertiary/aromatic N) is 1. The molecular weight excluding hydrogens is 206 g/mol. The molecule has 0 fully saturated rings. The summed E-state index contributed by atoms with van der Waals surface area (Å²) in [7, 11) is 0. The second kappa shape index (κ2) is 4.70. The first-order valence-electron chi connectivity index (χ1n) is 6.06. The second-order valence-electron chi connectivity index (χ2n) is 5.62. The normalized spacial score (nSPS) is 11.5. The van der Waals surface area contributed by atoms with Crippen LogP contribution < -0.4 is 0 Å². The molecule has 0 saturated heterocycles. The Hall–Kier alpha value is -1.63. The van der Waals surface area contributed by atoms with Crippen molar-refractivity contribution in [3.05, 3.63) is 54.2 Å². The fourth-order valence-electron chi connectivity index (χ4n) is 1.89. The van der Waals surface area contributed by atoms with Gasteiger partial charge in [0.2, 0.25) is 0 Å². The average molecular weight is 225 g/mol. The van der Waals surface area contributed by atoms with Crippen LogP contribution in [0.5, 0.6) is 0 Å². The van der Waals surface area contributed by atoms with Gasteiger partial charge in [0.1, 0.15) is 0 Å². The topological polar surface area (TPSA) is 12.9 Å². The second-order valence-corrected chi connectivity index (χ2v) is 5.62. The van der Waals surface area contributed by atoms with Gasteiger partial charge in [-0.15, -0.1) is 0 Å². The summed E-state index contributed by atoms with van der Waals surface area (Å²) >= 11 is 0. The van der Waals surface area contributed by atoms with E-state index in [1.54, 1.807) is 0 Å². The van der Waals surface area contributed by atoms with Crippen LogP contribution in [-0.2, 0) is 6.42 Å². The van der Waals surface area contributed by atoms with Crippen molar-refractivity contribution in [2.24, 2.45) is 5.41 Å². The molecule has 0 spiro atoms. The first-order valence-corrected chi connectivity index (χ1v) is 6.06. The minimum atomic E-state index is 0.280. The minimum absolute atomic E-state index is 0.280. The Morgan fingerprint density at radius 2 is 1.59 bits per heavy atom. The molecule has 2 rings (SSSR count). The van der Waals surface area contributed by atoms with E-state index in [0.29, 0.717) is 0 Å². The fraction of sp³-hybridized carbons (Fsp3) is 0.312. The molecule has 1 heteroatoms. The molecule has 88 valence electrons. The van der Waals surface area contributed by atoms with Gasteiger partial charge in [0.25, 0.3) is 0 Å². The third-order valence-corrected chi connectivity index (χ3v) is 2.59. The quantitative estimate of drug-likeness (QED) is 0.741. The number of aromatic nitrogens is 1. The van der Waals surface area contributed by atoms with Gasteiger partial charge in [-0.1, -0.05) is 57.2 Å². The smallest absolute Gasteiger partial charge is 0.0705 e. The predicted molar refractivity (Wildman–Crippen MR) is 72.8 cm³/mol. The Kier molecular flexibility index (Phi) is 3.28. The molecule has 0 aliphatic heterocycles. The van der Waals surface area contributed by atoms with E-state index in [4.69, 9.17) is 4.98 Å². The summed E-state index contributed by atoms with van der Waals surface area (Å²) in [5.41, 5.74) is 3.69. The molecule has 0 unspecified atom stereocenters. The molecule has 0 saturated carbocycles. The molecule has 1 heterocycles. The molecular formula is C16H19N. The van der Waals surface area contributed by atoms with Crippen molar-refractivity contribution in [3.63, 3.8) is 0 Å². The van der Waals surface area contributed by atoms with Crippen molar-refractivity contribution in [2.75, 3.05) is 0 Å². The van der Waals surface area contributed by atoms with Crippen LogP contribution in [0.1, 0.15) is 26.5 Å². The molecule has 0 aliphatic rings. The van der Waals surface area contributed by atoms with Gasteiger partial charge in [-0.25, -0.2) is 0 Å². The average Bonchev–Trinajstić information content (AvgIpc) is 2.28. The maximum Gasteiger partial charge on any atom is 0.0705 e. The highest BCUT2D eigenvalue weighted by Gasteiger charge is 2.12. The summed E-state index contributed by atoms with van der Waals surface area (Å²) in [5.74, 6) is 0. The molecule has 1 aromatic heterocycles. The zero-order chi connectivity index (χ0) is 12.3. The SMILES string of the molecule is CC(C)(C)Cc1cccc(-c2ccccc2)n1. The lowest BCUT2D eigenvalue weighted by Gasteiger charge is -2.17. The van der Waals surface area contributed by atoms with Crippen LogP contribution in [0.15, 0.2) is 48.5 Å². The van der Waals surface area contributed by atoms with Gasteiger partial charge in [-0.3, -0.25) is 4.98 Å². The van der Waals surface area contributed by atoms with Crippen LogP contribution in [0.4, 0.5) is 0 Å². The van der Waals surface area contributed by atoms with Crippen molar-refractivity contribution >= 4 is 0 Å². The zero-order valence-electron chi connectivity index (χ0n) is 10.8. The van der Waals surface area contributed by atoms with E-state index >= 15 is 0 Å². The van der Waals surface area contributed by atoms with E-state index in [0.717, 1.165) is 12.1 Å². The molecule has 1 nitrogen and oxygen atoms in total. The largest absolute Gasteiger partial charge is 0.253 e. The lowest BCUT2D eigenvalue weighted by atomic mass is 9.90. The Morgan fingerprint density at radius 1 is 0.882 bits per heavy atom. The van der Waals surface area contributed by atoms with E-state index in [9.17, 15) is 0 Å². The highest BCUT2D eigenvalue weighted by Crippen LogP contribution is 2.22. The Bertz CT molecular complexity index is 480.